The van der Waals surface area contributed by atoms with Crippen molar-refractivity contribution in [3.63, 3.8) is 0 Å². The Balaban J connectivity index is 1.71. The zero-order chi connectivity index (χ0) is 20.3. The van der Waals surface area contributed by atoms with Gasteiger partial charge in [-0.1, -0.05) is 12.1 Å². The fourth-order valence-electron chi connectivity index (χ4n) is 3.37. The molecule has 0 saturated heterocycles. The number of methoxy groups -OCH3 is 1. The predicted molar refractivity (Wildman–Crippen MR) is 114 cm³/mol. The number of aryl methyl sites for hydroxylation is 2. The van der Waals surface area contributed by atoms with Crippen LogP contribution in [0.4, 0.5) is 10.5 Å². The lowest BCUT2D eigenvalue weighted by Gasteiger charge is -2.12. The number of nitrogens with one attached hydrogen (secondary N) is 2. The highest BCUT2D eigenvalue weighted by Crippen LogP contribution is 2.23. The minimum atomic E-state index is -0.206. The second kappa shape index (κ2) is 8.21. The first-order chi connectivity index (χ1) is 13.4. The molecule has 1 heterocycles. The Hall–Kier alpha value is -3.21. The molecule has 3 rings (SSSR count). The number of aromatic nitrogens is 1. The molecule has 28 heavy (non-hydrogen) atoms. The SMILES string of the molecule is COc1ccc(-n2c(C)cc(CNC(=O)Nc3cccc(C)c3C)c2C)cc1. The highest BCUT2D eigenvalue weighted by Gasteiger charge is 2.12. The summed E-state index contributed by atoms with van der Waals surface area (Å²) in [6, 6.07) is 15.8. The fraction of sp³-hybridized carbons (Fsp3) is 0.261. The molecule has 2 aromatic carbocycles. The Kier molecular flexibility index (Phi) is 5.73. The van der Waals surface area contributed by atoms with E-state index >= 15 is 0 Å². The van der Waals surface area contributed by atoms with E-state index in [1.165, 1.54) is 0 Å². The summed E-state index contributed by atoms with van der Waals surface area (Å²) in [7, 11) is 1.66. The number of anilines is 1. The molecule has 5 nitrogen and oxygen atoms in total. The van der Waals surface area contributed by atoms with Crippen LogP contribution in [-0.2, 0) is 6.54 Å². The van der Waals surface area contributed by atoms with Gasteiger partial charge in [-0.3, -0.25) is 0 Å². The highest BCUT2D eigenvalue weighted by molar-refractivity contribution is 5.90. The number of carbonyl (C=O) groups excluding carboxylic acids is 1. The van der Waals surface area contributed by atoms with Crippen molar-refractivity contribution in [3.05, 3.63) is 76.6 Å². The van der Waals surface area contributed by atoms with Crippen LogP contribution >= 0.6 is 0 Å². The van der Waals surface area contributed by atoms with E-state index in [2.05, 4.69) is 35.1 Å². The molecule has 0 fully saturated rings. The zero-order valence-corrected chi connectivity index (χ0v) is 17.1. The summed E-state index contributed by atoms with van der Waals surface area (Å²) in [4.78, 5) is 12.3. The van der Waals surface area contributed by atoms with E-state index in [0.29, 0.717) is 6.54 Å². The first-order valence-corrected chi connectivity index (χ1v) is 9.34. The summed E-state index contributed by atoms with van der Waals surface area (Å²) in [5.41, 5.74) is 7.45. The average molecular weight is 377 g/mol. The minimum Gasteiger partial charge on any atom is -0.497 e. The number of amides is 2. The molecule has 2 N–H and O–H groups in total. The lowest BCUT2D eigenvalue weighted by atomic mass is 10.1. The average Bonchev–Trinajstić information content (AvgIpc) is 2.97. The molecule has 3 aromatic rings. The van der Waals surface area contributed by atoms with E-state index in [1.807, 2.05) is 56.3 Å². The number of ether oxygens (including phenoxy) is 1. The summed E-state index contributed by atoms with van der Waals surface area (Å²) in [6.45, 7) is 8.64. The quantitative estimate of drug-likeness (QED) is 0.654. The number of hydrogen-bond donors (Lipinski definition) is 2. The van der Waals surface area contributed by atoms with Gasteiger partial charge in [0.25, 0.3) is 0 Å². The number of urea groups is 1. The van der Waals surface area contributed by atoms with Gasteiger partial charge in [0.1, 0.15) is 5.75 Å². The van der Waals surface area contributed by atoms with Crippen LogP contribution in [0.1, 0.15) is 28.1 Å². The molecule has 5 heteroatoms. The number of rotatable bonds is 5. The number of nitrogens with zero attached hydrogens (tertiary/aromatic N) is 1. The number of hydrogen-bond acceptors (Lipinski definition) is 2. The summed E-state index contributed by atoms with van der Waals surface area (Å²) in [5, 5.41) is 5.90. The number of benzene rings is 2. The van der Waals surface area contributed by atoms with Crippen LogP contribution in [0.2, 0.25) is 0 Å². The number of carbonyl (C=O) groups is 1. The molecule has 0 radical (unpaired) electrons. The van der Waals surface area contributed by atoms with E-state index in [1.54, 1.807) is 7.11 Å². The Morgan fingerprint density at radius 3 is 2.43 bits per heavy atom. The van der Waals surface area contributed by atoms with Crippen molar-refractivity contribution in [1.29, 1.82) is 0 Å². The van der Waals surface area contributed by atoms with Crippen molar-refractivity contribution in [2.45, 2.75) is 34.2 Å². The first kappa shape index (κ1) is 19.5. The smallest absolute Gasteiger partial charge is 0.319 e. The zero-order valence-electron chi connectivity index (χ0n) is 17.1. The molecule has 2 amide bonds. The van der Waals surface area contributed by atoms with Gasteiger partial charge < -0.3 is 19.9 Å². The monoisotopic (exact) mass is 377 g/mol. The van der Waals surface area contributed by atoms with Crippen molar-refractivity contribution in [1.82, 2.24) is 9.88 Å². The van der Waals surface area contributed by atoms with Gasteiger partial charge >= 0.3 is 6.03 Å². The van der Waals surface area contributed by atoms with Crippen molar-refractivity contribution < 1.29 is 9.53 Å². The molecule has 1 aromatic heterocycles. The van der Waals surface area contributed by atoms with Gasteiger partial charge in [0.15, 0.2) is 0 Å². The minimum absolute atomic E-state index is 0.206. The fourth-order valence-corrected chi connectivity index (χ4v) is 3.37. The lowest BCUT2D eigenvalue weighted by molar-refractivity contribution is 0.251. The van der Waals surface area contributed by atoms with E-state index in [4.69, 9.17) is 4.74 Å². The van der Waals surface area contributed by atoms with Gasteiger partial charge in [-0.05, 0) is 80.8 Å². The molecular weight excluding hydrogens is 350 g/mol. The molecule has 0 bridgehead atoms. The first-order valence-electron chi connectivity index (χ1n) is 9.34. The van der Waals surface area contributed by atoms with Crippen LogP contribution in [0.3, 0.4) is 0 Å². The van der Waals surface area contributed by atoms with E-state index < -0.39 is 0 Å². The molecule has 0 aliphatic rings. The third kappa shape index (κ3) is 4.03. The maximum absolute atomic E-state index is 12.3. The Bertz CT molecular complexity index is 988. The maximum Gasteiger partial charge on any atom is 0.319 e. The highest BCUT2D eigenvalue weighted by atomic mass is 16.5. The summed E-state index contributed by atoms with van der Waals surface area (Å²) in [6.07, 6.45) is 0. The summed E-state index contributed by atoms with van der Waals surface area (Å²) >= 11 is 0. The Morgan fingerprint density at radius 2 is 1.75 bits per heavy atom. The molecule has 0 aliphatic carbocycles. The van der Waals surface area contributed by atoms with Crippen LogP contribution in [-0.4, -0.2) is 17.7 Å². The second-order valence-electron chi connectivity index (χ2n) is 6.98. The largest absolute Gasteiger partial charge is 0.497 e. The van der Waals surface area contributed by atoms with E-state index in [0.717, 1.165) is 45.2 Å². The van der Waals surface area contributed by atoms with Crippen molar-refractivity contribution in [2.24, 2.45) is 0 Å². The molecule has 0 aliphatic heterocycles. The Labute approximate surface area is 166 Å². The molecule has 0 atom stereocenters. The van der Waals surface area contributed by atoms with Crippen LogP contribution in [0, 0.1) is 27.7 Å². The normalized spacial score (nSPS) is 10.6. The topological polar surface area (TPSA) is 55.3 Å². The third-order valence-corrected chi connectivity index (χ3v) is 5.16. The van der Waals surface area contributed by atoms with Crippen LogP contribution in [0.15, 0.2) is 48.5 Å². The van der Waals surface area contributed by atoms with Crippen molar-refractivity contribution in [2.75, 3.05) is 12.4 Å². The molecule has 0 unspecified atom stereocenters. The summed E-state index contributed by atoms with van der Waals surface area (Å²) in [5.74, 6) is 0.830. The molecule has 0 spiro atoms. The Morgan fingerprint density at radius 1 is 1.04 bits per heavy atom. The molecular formula is C23H27N3O2. The van der Waals surface area contributed by atoms with Crippen LogP contribution in [0.5, 0.6) is 5.75 Å². The van der Waals surface area contributed by atoms with Crippen LogP contribution < -0.4 is 15.4 Å². The van der Waals surface area contributed by atoms with Gasteiger partial charge in [-0.25, -0.2) is 4.79 Å². The van der Waals surface area contributed by atoms with Crippen LogP contribution in [0.25, 0.3) is 5.69 Å². The third-order valence-electron chi connectivity index (χ3n) is 5.16. The standard InChI is InChI=1S/C23H27N3O2/c1-15-7-6-8-22(17(15)3)25-23(27)24-14-19-13-16(2)26(18(19)4)20-9-11-21(28-5)12-10-20/h6-13H,14H2,1-5H3,(H2,24,25,27). The van der Waals surface area contributed by atoms with E-state index in [9.17, 15) is 4.79 Å². The van der Waals surface area contributed by atoms with Gasteiger partial charge in [-0.2, -0.15) is 0 Å². The van der Waals surface area contributed by atoms with Gasteiger partial charge in [0.05, 0.1) is 7.11 Å². The summed E-state index contributed by atoms with van der Waals surface area (Å²) < 4.78 is 7.42. The van der Waals surface area contributed by atoms with Crippen molar-refractivity contribution >= 4 is 11.7 Å². The van der Waals surface area contributed by atoms with Gasteiger partial charge in [0, 0.05) is 29.3 Å². The molecule has 146 valence electrons. The predicted octanol–water partition coefficient (Wildman–Crippen LogP) is 5.04. The van der Waals surface area contributed by atoms with E-state index in [-0.39, 0.29) is 6.03 Å². The van der Waals surface area contributed by atoms with Gasteiger partial charge in [0.2, 0.25) is 0 Å². The molecule has 0 saturated carbocycles. The maximum atomic E-state index is 12.3. The lowest BCUT2D eigenvalue weighted by Crippen LogP contribution is -2.28. The van der Waals surface area contributed by atoms with Gasteiger partial charge in [-0.15, -0.1) is 0 Å². The second-order valence-corrected chi connectivity index (χ2v) is 6.98. The van der Waals surface area contributed by atoms with Crippen molar-refractivity contribution in [3.8, 4) is 11.4 Å².